The van der Waals surface area contributed by atoms with Gasteiger partial charge in [0.1, 0.15) is 5.82 Å². The van der Waals surface area contributed by atoms with E-state index in [1.165, 1.54) is 0 Å². The van der Waals surface area contributed by atoms with E-state index in [4.69, 9.17) is 14.5 Å². The molecule has 0 aliphatic carbocycles. The molecular formula is C29H32N4O3. The van der Waals surface area contributed by atoms with E-state index in [-0.39, 0.29) is 5.91 Å². The fourth-order valence-corrected chi connectivity index (χ4v) is 4.17. The molecule has 1 amide bonds. The molecule has 0 fully saturated rings. The number of hydrogen-bond donors (Lipinski definition) is 0. The van der Waals surface area contributed by atoms with Gasteiger partial charge in [-0.15, -0.1) is 6.58 Å². The van der Waals surface area contributed by atoms with Crippen LogP contribution in [0.4, 0.5) is 0 Å². The van der Waals surface area contributed by atoms with Gasteiger partial charge < -0.3 is 18.9 Å². The number of hydrogen-bond acceptors (Lipinski definition) is 5. The van der Waals surface area contributed by atoms with Crippen LogP contribution in [0, 0.1) is 0 Å². The zero-order valence-electron chi connectivity index (χ0n) is 20.9. The van der Waals surface area contributed by atoms with Crippen molar-refractivity contribution in [2.75, 3.05) is 20.8 Å². The monoisotopic (exact) mass is 484 g/mol. The lowest BCUT2D eigenvalue weighted by molar-refractivity contribution is 0.0779. The second-order valence-electron chi connectivity index (χ2n) is 8.60. The maximum Gasteiger partial charge on any atom is 0.255 e. The van der Waals surface area contributed by atoms with Gasteiger partial charge in [-0.2, -0.15) is 0 Å². The van der Waals surface area contributed by atoms with Gasteiger partial charge in [0.15, 0.2) is 11.5 Å². The predicted molar refractivity (Wildman–Crippen MR) is 141 cm³/mol. The number of para-hydroxylation sites is 2. The highest BCUT2D eigenvalue weighted by molar-refractivity contribution is 5.93. The number of aromatic nitrogens is 3. The van der Waals surface area contributed by atoms with Crippen molar-refractivity contribution in [3.8, 4) is 11.5 Å². The number of unbranched alkanes of at least 4 members (excludes halogenated alkanes) is 1. The molecule has 7 heteroatoms. The van der Waals surface area contributed by atoms with Crippen LogP contribution >= 0.6 is 0 Å². The van der Waals surface area contributed by atoms with Crippen molar-refractivity contribution in [2.45, 2.75) is 32.4 Å². The molecule has 4 rings (SSSR count). The van der Waals surface area contributed by atoms with Gasteiger partial charge in [-0.1, -0.05) is 24.3 Å². The first-order valence-corrected chi connectivity index (χ1v) is 12.1. The molecule has 2 heterocycles. The number of ether oxygens (including phenoxy) is 2. The maximum absolute atomic E-state index is 12.8. The van der Waals surface area contributed by atoms with Gasteiger partial charge in [0.2, 0.25) is 0 Å². The molecule has 0 saturated carbocycles. The Balaban J connectivity index is 1.39. The second-order valence-corrected chi connectivity index (χ2v) is 8.60. The summed E-state index contributed by atoms with van der Waals surface area (Å²) in [5.41, 5.74) is 3.69. The van der Waals surface area contributed by atoms with E-state index in [9.17, 15) is 4.79 Å². The Morgan fingerprint density at radius 2 is 1.97 bits per heavy atom. The van der Waals surface area contributed by atoms with Gasteiger partial charge >= 0.3 is 0 Å². The topological polar surface area (TPSA) is 69.5 Å². The van der Waals surface area contributed by atoms with E-state index in [0.717, 1.165) is 59.7 Å². The van der Waals surface area contributed by atoms with Crippen LogP contribution in [0.25, 0.3) is 11.0 Å². The van der Waals surface area contributed by atoms with Gasteiger partial charge in [-0.3, -0.25) is 9.78 Å². The van der Waals surface area contributed by atoms with Crippen molar-refractivity contribution in [3.05, 3.63) is 96.6 Å². The summed E-state index contributed by atoms with van der Waals surface area (Å²) in [6, 6.07) is 17.6. The molecule has 186 valence electrons. The third-order valence-corrected chi connectivity index (χ3v) is 6.01. The number of carbonyl (C=O) groups is 1. The van der Waals surface area contributed by atoms with Crippen molar-refractivity contribution >= 4 is 16.9 Å². The molecule has 36 heavy (non-hydrogen) atoms. The number of amides is 1. The van der Waals surface area contributed by atoms with E-state index in [2.05, 4.69) is 22.2 Å². The first-order chi connectivity index (χ1) is 17.6. The zero-order valence-corrected chi connectivity index (χ0v) is 20.9. The highest BCUT2D eigenvalue weighted by Gasteiger charge is 2.17. The molecule has 0 unspecified atom stereocenters. The second kappa shape index (κ2) is 12.0. The molecule has 2 aromatic carbocycles. The lowest BCUT2D eigenvalue weighted by Gasteiger charge is -2.18. The van der Waals surface area contributed by atoms with Crippen LogP contribution in [0.3, 0.4) is 0 Å². The first-order valence-electron chi connectivity index (χ1n) is 12.1. The summed E-state index contributed by atoms with van der Waals surface area (Å²) >= 11 is 0. The molecule has 0 aliphatic rings. The number of fused-ring (bicyclic) bond motifs is 1. The summed E-state index contributed by atoms with van der Waals surface area (Å²) in [5, 5.41) is 0. The van der Waals surface area contributed by atoms with Crippen molar-refractivity contribution in [1.82, 2.24) is 19.4 Å². The van der Waals surface area contributed by atoms with Crippen molar-refractivity contribution < 1.29 is 14.3 Å². The SMILES string of the molecule is C=CCc1ccc(OCCCCn2c(CN(C)C(=O)c3cccnc3)nc3ccccc32)c(OC)c1. The number of nitrogens with zero attached hydrogens (tertiary/aromatic N) is 4. The van der Waals surface area contributed by atoms with Crippen LogP contribution < -0.4 is 9.47 Å². The fourth-order valence-electron chi connectivity index (χ4n) is 4.17. The molecule has 7 nitrogen and oxygen atoms in total. The number of methoxy groups -OCH3 is 1. The highest BCUT2D eigenvalue weighted by Crippen LogP contribution is 2.28. The largest absolute Gasteiger partial charge is 0.493 e. The van der Waals surface area contributed by atoms with Crippen molar-refractivity contribution in [3.63, 3.8) is 0 Å². The molecular weight excluding hydrogens is 452 g/mol. The van der Waals surface area contributed by atoms with E-state index in [0.29, 0.717) is 18.7 Å². The number of aryl methyl sites for hydroxylation is 1. The lowest BCUT2D eigenvalue weighted by Crippen LogP contribution is -2.28. The normalized spacial score (nSPS) is 10.8. The van der Waals surface area contributed by atoms with Crippen LogP contribution in [0.1, 0.15) is 34.6 Å². The fraction of sp³-hybridized carbons (Fsp3) is 0.276. The smallest absolute Gasteiger partial charge is 0.255 e. The minimum atomic E-state index is -0.0804. The standard InChI is InChI=1S/C29H32N4O3/c1-4-10-22-14-15-26(27(19-22)35-3)36-18-8-7-17-33-25-13-6-5-12-24(25)31-28(33)21-32(2)29(34)23-11-9-16-30-20-23/h4-6,9,11-16,19-20H,1,7-8,10,17-18,21H2,2-3H3. The Morgan fingerprint density at radius 1 is 1.11 bits per heavy atom. The number of benzene rings is 2. The number of carbonyl (C=O) groups excluding carboxylic acids is 1. The molecule has 0 spiro atoms. The molecule has 0 bridgehead atoms. The molecule has 2 aromatic heterocycles. The molecule has 0 aliphatic heterocycles. The molecule has 0 atom stereocenters. The van der Waals surface area contributed by atoms with E-state index < -0.39 is 0 Å². The Hall–Kier alpha value is -4.13. The van der Waals surface area contributed by atoms with Gasteiger partial charge in [0, 0.05) is 26.0 Å². The highest BCUT2D eigenvalue weighted by atomic mass is 16.5. The van der Waals surface area contributed by atoms with Crippen molar-refractivity contribution in [2.24, 2.45) is 0 Å². The van der Waals surface area contributed by atoms with Gasteiger partial charge in [-0.05, 0) is 61.2 Å². The van der Waals surface area contributed by atoms with Crippen molar-refractivity contribution in [1.29, 1.82) is 0 Å². The number of pyridine rings is 1. The molecule has 4 aromatic rings. The Bertz CT molecular complexity index is 1320. The average molecular weight is 485 g/mol. The summed E-state index contributed by atoms with van der Waals surface area (Å²) in [7, 11) is 3.45. The Morgan fingerprint density at radius 3 is 2.75 bits per heavy atom. The Labute approximate surface area is 212 Å². The quantitative estimate of drug-likeness (QED) is 0.202. The van der Waals surface area contributed by atoms with Crippen LogP contribution in [0.2, 0.25) is 0 Å². The summed E-state index contributed by atoms with van der Waals surface area (Å²) in [4.78, 5) is 23.4. The number of rotatable bonds is 12. The van der Waals surface area contributed by atoms with Gasteiger partial charge in [0.25, 0.3) is 5.91 Å². The van der Waals surface area contributed by atoms with E-state index in [1.54, 1.807) is 43.6 Å². The van der Waals surface area contributed by atoms with Crippen LogP contribution in [0.15, 0.2) is 79.6 Å². The van der Waals surface area contributed by atoms with E-state index in [1.807, 2.05) is 42.5 Å². The van der Waals surface area contributed by atoms with Crippen LogP contribution in [-0.4, -0.2) is 46.1 Å². The molecule has 0 saturated heterocycles. The Kier molecular flexibility index (Phi) is 8.34. The zero-order chi connectivity index (χ0) is 25.3. The first kappa shape index (κ1) is 25.0. The lowest BCUT2D eigenvalue weighted by atomic mass is 10.1. The predicted octanol–water partition coefficient (Wildman–Crippen LogP) is 5.30. The number of allylic oxidation sites excluding steroid dienone is 1. The molecule has 0 radical (unpaired) electrons. The van der Waals surface area contributed by atoms with E-state index >= 15 is 0 Å². The summed E-state index contributed by atoms with van der Waals surface area (Å²) in [6.07, 6.45) is 7.69. The summed E-state index contributed by atoms with van der Waals surface area (Å²) in [5.74, 6) is 2.26. The van der Waals surface area contributed by atoms with Gasteiger partial charge in [-0.25, -0.2) is 4.98 Å². The van der Waals surface area contributed by atoms with Crippen LogP contribution in [-0.2, 0) is 19.5 Å². The van der Waals surface area contributed by atoms with Crippen LogP contribution in [0.5, 0.6) is 11.5 Å². The average Bonchev–Trinajstić information content (AvgIpc) is 3.26. The molecule has 0 N–H and O–H groups in total. The minimum Gasteiger partial charge on any atom is -0.493 e. The third kappa shape index (κ3) is 5.92. The third-order valence-electron chi connectivity index (χ3n) is 6.01. The maximum atomic E-state index is 12.8. The van der Waals surface area contributed by atoms with Gasteiger partial charge in [0.05, 0.1) is 36.9 Å². The summed E-state index contributed by atoms with van der Waals surface area (Å²) in [6.45, 7) is 5.56. The number of imidazole rings is 1. The minimum absolute atomic E-state index is 0.0804. The summed E-state index contributed by atoms with van der Waals surface area (Å²) < 4.78 is 13.7.